The van der Waals surface area contributed by atoms with Crippen LogP contribution in [0.15, 0.2) is 24.3 Å². The minimum Gasteiger partial charge on any atom is -0.397 e. The van der Waals surface area contributed by atoms with Gasteiger partial charge < -0.3 is 10.3 Å². The zero-order valence-electron chi connectivity index (χ0n) is 9.53. The van der Waals surface area contributed by atoms with Crippen molar-refractivity contribution in [1.82, 2.24) is 4.57 Å². The maximum atomic E-state index is 6.10. The van der Waals surface area contributed by atoms with Crippen LogP contribution in [0.2, 0.25) is 0 Å². The summed E-state index contributed by atoms with van der Waals surface area (Å²) >= 11 is 0. The Morgan fingerprint density at radius 2 is 2.25 bits per heavy atom. The van der Waals surface area contributed by atoms with Crippen LogP contribution in [-0.4, -0.2) is 4.57 Å². The van der Waals surface area contributed by atoms with Crippen molar-refractivity contribution in [3.8, 4) is 0 Å². The predicted molar refractivity (Wildman–Crippen MR) is 69.4 cm³/mol. The maximum absolute atomic E-state index is 6.10. The molecule has 1 aromatic heterocycles. The first kappa shape index (κ1) is 9.52. The SMILES string of the molecule is CCn1c2c(c3cccc(N)c31)C=CCC2. The van der Waals surface area contributed by atoms with Crippen LogP contribution < -0.4 is 5.73 Å². The summed E-state index contributed by atoms with van der Waals surface area (Å²) in [7, 11) is 0. The Morgan fingerprint density at radius 1 is 1.38 bits per heavy atom. The van der Waals surface area contributed by atoms with E-state index < -0.39 is 0 Å². The van der Waals surface area contributed by atoms with Crippen LogP contribution in [0.1, 0.15) is 24.6 Å². The van der Waals surface area contributed by atoms with Gasteiger partial charge in [-0.3, -0.25) is 0 Å². The monoisotopic (exact) mass is 212 g/mol. The third-order valence-electron chi connectivity index (χ3n) is 3.41. The molecule has 2 heteroatoms. The van der Waals surface area contributed by atoms with E-state index in [0.717, 1.165) is 25.1 Å². The molecule has 1 heterocycles. The third-order valence-corrected chi connectivity index (χ3v) is 3.41. The molecule has 0 amide bonds. The molecule has 3 rings (SSSR count). The van der Waals surface area contributed by atoms with Gasteiger partial charge in [0.1, 0.15) is 0 Å². The standard InChI is InChI=1S/C14H16N2/c1-2-16-13-9-4-3-6-10(13)11-7-5-8-12(15)14(11)16/h3,5-8H,2,4,9,15H2,1H3. The highest BCUT2D eigenvalue weighted by atomic mass is 15.0. The molecule has 16 heavy (non-hydrogen) atoms. The van der Waals surface area contributed by atoms with Crippen LogP contribution in [0, 0.1) is 0 Å². The lowest BCUT2D eigenvalue weighted by molar-refractivity contribution is 0.729. The number of aryl methyl sites for hydroxylation is 1. The number of nitrogens with zero attached hydrogens (tertiary/aromatic N) is 1. The average molecular weight is 212 g/mol. The molecule has 0 fully saturated rings. The first-order valence-corrected chi connectivity index (χ1v) is 5.89. The van der Waals surface area contributed by atoms with Crippen molar-refractivity contribution in [2.45, 2.75) is 26.3 Å². The second-order valence-electron chi connectivity index (χ2n) is 4.29. The third kappa shape index (κ3) is 1.13. The summed E-state index contributed by atoms with van der Waals surface area (Å²) in [5.41, 5.74) is 11.0. The molecule has 0 unspecified atom stereocenters. The van der Waals surface area contributed by atoms with Crippen molar-refractivity contribution in [3.05, 3.63) is 35.5 Å². The zero-order chi connectivity index (χ0) is 11.1. The number of fused-ring (bicyclic) bond motifs is 3. The Balaban J connectivity index is 2.47. The fourth-order valence-electron chi connectivity index (χ4n) is 2.74. The molecule has 0 radical (unpaired) electrons. The molecule has 82 valence electrons. The van der Waals surface area contributed by atoms with Crippen LogP contribution in [0.4, 0.5) is 5.69 Å². The van der Waals surface area contributed by atoms with Gasteiger partial charge in [-0.15, -0.1) is 0 Å². The second kappa shape index (κ2) is 3.41. The molecular weight excluding hydrogens is 196 g/mol. The van der Waals surface area contributed by atoms with E-state index in [1.165, 1.54) is 22.2 Å². The number of allylic oxidation sites excluding steroid dienone is 1. The van der Waals surface area contributed by atoms with Crippen LogP contribution in [0.3, 0.4) is 0 Å². The van der Waals surface area contributed by atoms with E-state index in [4.69, 9.17) is 5.73 Å². The molecule has 0 bridgehead atoms. The van der Waals surface area contributed by atoms with E-state index in [1.807, 2.05) is 12.1 Å². The van der Waals surface area contributed by atoms with Gasteiger partial charge in [-0.1, -0.05) is 24.3 Å². The summed E-state index contributed by atoms with van der Waals surface area (Å²) in [6.45, 7) is 3.18. The van der Waals surface area contributed by atoms with Gasteiger partial charge in [0.2, 0.25) is 0 Å². The molecule has 2 aromatic rings. The van der Waals surface area contributed by atoms with Gasteiger partial charge in [0.15, 0.2) is 0 Å². The number of anilines is 1. The Kier molecular flexibility index (Phi) is 2.03. The lowest BCUT2D eigenvalue weighted by atomic mass is 10.0. The summed E-state index contributed by atoms with van der Waals surface area (Å²) in [6.07, 6.45) is 6.77. The predicted octanol–water partition coefficient (Wildman–Crippen LogP) is 3.20. The van der Waals surface area contributed by atoms with Gasteiger partial charge in [0, 0.05) is 23.2 Å². The number of rotatable bonds is 1. The van der Waals surface area contributed by atoms with E-state index in [2.05, 4.69) is 29.7 Å². The number of hydrogen-bond acceptors (Lipinski definition) is 1. The molecule has 1 aromatic carbocycles. The van der Waals surface area contributed by atoms with E-state index in [0.29, 0.717) is 0 Å². The molecule has 2 nitrogen and oxygen atoms in total. The molecule has 0 atom stereocenters. The van der Waals surface area contributed by atoms with Crippen LogP contribution >= 0.6 is 0 Å². The Bertz CT molecular complexity index is 576. The average Bonchev–Trinajstić information content (AvgIpc) is 2.65. The fraction of sp³-hybridized carbons (Fsp3) is 0.286. The van der Waals surface area contributed by atoms with E-state index in [9.17, 15) is 0 Å². The number of benzene rings is 1. The molecule has 1 aliphatic carbocycles. The van der Waals surface area contributed by atoms with Crippen LogP contribution in [0.5, 0.6) is 0 Å². The quantitative estimate of drug-likeness (QED) is 0.723. The minimum atomic E-state index is 0.891. The molecule has 0 aliphatic heterocycles. The highest BCUT2D eigenvalue weighted by Crippen LogP contribution is 2.33. The molecule has 0 spiro atoms. The Hall–Kier alpha value is -1.70. The minimum absolute atomic E-state index is 0.891. The molecule has 0 saturated heterocycles. The summed E-state index contributed by atoms with van der Waals surface area (Å²) in [6, 6.07) is 6.20. The number of nitrogen functional groups attached to an aromatic ring is 1. The maximum Gasteiger partial charge on any atom is 0.0722 e. The number of para-hydroxylation sites is 1. The lowest BCUT2D eigenvalue weighted by Gasteiger charge is -2.11. The molecule has 1 aliphatic rings. The van der Waals surface area contributed by atoms with E-state index >= 15 is 0 Å². The second-order valence-corrected chi connectivity index (χ2v) is 4.29. The molecule has 0 saturated carbocycles. The highest BCUT2D eigenvalue weighted by Gasteiger charge is 2.17. The topological polar surface area (TPSA) is 30.9 Å². The normalized spacial score (nSPS) is 14.3. The van der Waals surface area contributed by atoms with Gasteiger partial charge in [-0.05, 0) is 25.8 Å². The van der Waals surface area contributed by atoms with Gasteiger partial charge >= 0.3 is 0 Å². The molecule has 2 N–H and O–H groups in total. The molecular formula is C14H16N2. The van der Waals surface area contributed by atoms with Gasteiger partial charge in [-0.2, -0.15) is 0 Å². The summed E-state index contributed by atoms with van der Waals surface area (Å²) < 4.78 is 2.36. The van der Waals surface area contributed by atoms with Gasteiger partial charge in [0.05, 0.1) is 11.2 Å². The highest BCUT2D eigenvalue weighted by molar-refractivity contribution is 5.98. The van der Waals surface area contributed by atoms with Crippen molar-refractivity contribution < 1.29 is 0 Å². The van der Waals surface area contributed by atoms with Gasteiger partial charge in [0.25, 0.3) is 0 Å². The largest absolute Gasteiger partial charge is 0.397 e. The van der Waals surface area contributed by atoms with Crippen molar-refractivity contribution in [3.63, 3.8) is 0 Å². The lowest BCUT2D eigenvalue weighted by Crippen LogP contribution is -2.04. The zero-order valence-corrected chi connectivity index (χ0v) is 9.53. The fourth-order valence-corrected chi connectivity index (χ4v) is 2.74. The number of nitrogens with two attached hydrogens (primary N) is 1. The van der Waals surface area contributed by atoms with Crippen LogP contribution in [-0.2, 0) is 13.0 Å². The summed E-state index contributed by atoms with van der Waals surface area (Å²) in [4.78, 5) is 0. The van der Waals surface area contributed by atoms with E-state index in [-0.39, 0.29) is 0 Å². The first-order chi connectivity index (χ1) is 7.83. The Morgan fingerprint density at radius 3 is 3.06 bits per heavy atom. The smallest absolute Gasteiger partial charge is 0.0722 e. The van der Waals surface area contributed by atoms with Crippen molar-refractivity contribution in [2.75, 3.05) is 5.73 Å². The number of hydrogen-bond donors (Lipinski definition) is 1. The van der Waals surface area contributed by atoms with Crippen molar-refractivity contribution in [1.29, 1.82) is 0 Å². The van der Waals surface area contributed by atoms with Crippen molar-refractivity contribution in [2.24, 2.45) is 0 Å². The Labute approximate surface area is 95.4 Å². The number of aromatic nitrogens is 1. The summed E-state index contributed by atoms with van der Waals surface area (Å²) in [5.74, 6) is 0. The van der Waals surface area contributed by atoms with Crippen molar-refractivity contribution >= 4 is 22.7 Å². The van der Waals surface area contributed by atoms with E-state index in [1.54, 1.807) is 0 Å². The van der Waals surface area contributed by atoms with Gasteiger partial charge in [-0.25, -0.2) is 0 Å². The first-order valence-electron chi connectivity index (χ1n) is 5.89. The van der Waals surface area contributed by atoms with Crippen LogP contribution in [0.25, 0.3) is 17.0 Å². The summed E-state index contributed by atoms with van der Waals surface area (Å²) in [5, 5.41) is 1.30.